The molecule has 21 heavy (non-hydrogen) atoms. The van der Waals surface area contributed by atoms with Gasteiger partial charge in [0, 0.05) is 10.9 Å². The summed E-state index contributed by atoms with van der Waals surface area (Å²) in [7, 11) is 0. The number of rotatable bonds is 8. The normalized spacial score (nSPS) is 13.0. The molecule has 2 rings (SSSR count). The molecule has 0 saturated carbocycles. The number of unbranched alkanes of at least 4 members (excludes halogenated alkanes) is 2. The second-order valence-corrected chi connectivity index (χ2v) is 5.73. The van der Waals surface area contributed by atoms with Gasteiger partial charge < -0.3 is 9.73 Å². The molecule has 0 radical (unpaired) electrons. The lowest BCUT2D eigenvalue weighted by Gasteiger charge is -2.17. The van der Waals surface area contributed by atoms with Crippen LogP contribution in [0, 0.1) is 12.7 Å². The van der Waals surface area contributed by atoms with Gasteiger partial charge >= 0.3 is 0 Å². The summed E-state index contributed by atoms with van der Waals surface area (Å²) < 4.78 is 19.4. The van der Waals surface area contributed by atoms with Crippen LogP contribution in [0.4, 0.5) is 4.39 Å². The van der Waals surface area contributed by atoms with Gasteiger partial charge in [-0.25, -0.2) is 4.39 Å². The third-order valence-corrected chi connectivity index (χ3v) is 3.99. The second kappa shape index (κ2) is 7.60. The van der Waals surface area contributed by atoms with Crippen LogP contribution in [-0.2, 0) is 0 Å². The van der Waals surface area contributed by atoms with Crippen molar-refractivity contribution < 1.29 is 8.81 Å². The van der Waals surface area contributed by atoms with Gasteiger partial charge in [-0.1, -0.05) is 33.1 Å². The highest BCUT2D eigenvalue weighted by Crippen LogP contribution is 2.32. The number of nitrogens with one attached hydrogen (secondary N) is 1. The van der Waals surface area contributed by atoms with Crippen molar-refractivity contribution >= 4 is 11.0 Å². The van der Waals surface area contributed by atoms with E-state index < -0.39 is 0 Å². The number of fused-ring (bicyclic) bond motifs is 1. The van der Waals surface area contributed by atoms with Gasteiger partial charge in [-0.15, -0.1) is 0 Å². The number of furan rings is 1. The van der Waals surface area contributed by atoms with Crippen LogP contribution in [0.25, 0.3) is 11.0 Å². The van der Waals surface area contributed by atoms with Crippen molar-refractivity contribution in [1.82, 2.24) is 5.32 Å². The highest BCUT2D eigenvalue weighted by Gasteiger charge is 2.19. The molecule has 3 heteroatoms. The maximum absolute atomic E-state index is 13.4. The van der Waals surface area contributed by atoms with Crippen molar-refractivity contribution in [3.63, 3.8) is 0 Å². The van der Waals surface area contributed by atoms with Gasteiger partial charge in [0.25, 0.3) is 0 Å². The Morgan fingerprint density at radius 2 is 2.00 bits per heavy atom. The number of benzene rings is 1. The lowest BCUT2D eigenvalue weighted by molar-refractivity contribution is 0.396. The molecule has 0 fully saturated rings. The van der Waals surface area contributed by atoms with E-state index in [0.717, 1.165) is 41.7 Å². The molecular weight excluding hydrogens is 265 g/mol. The molecular formula is C18H26FNO. The summed E-state index contributed by atoms with van der Waals surface area (Å²) in [5, 5.41) is 4.47. The lowest BCUT2D eigenvalue weighted by atomic mass is 10.0. The van der Waals surface area contributed by atoms with Gasteiger partial charge in [0.2, 0.25) is 0 Å². The molecule has 1 aromatic heterocycles. The first-order valence-corrected chi connectivity index (χ1v) is 8.09. The van der Waals surface area contributed by atoms with Gasteiger partial charge in [-0.05, 0) is 44.5 Å². The Balaban J connectivity index is 2.27. The molecule has 0 amide bonds. The first kappa shape index (κ1) is 16.0. The van der Waals surface area contributed by atoms with Crippen molar-refractivity contribution in [3.05, 3.63) is 35.3 Å². The summed E-state index contributed by atoms with van der Waals surface area (Å²) in [6.07, 6.45) is 5.79. The molecule has 2 aromatic rings. The number of hydrogen-bond acceptors (Lipinski definition) is 2. The van der Waals surface area contributed by atoms with Crippen LogP contribution in [0.5, 0.6) is 0 Å². The van der Waals surface area contributed by atoms with E-state index in [2.05, 4.69) is 19.2 Å². The van der Waals surface area contributed by atoms with E-state index in [1.165, 1.54) is 25.3 Å². The molecule has 1 atom stereocenters. The van der Waals surface area contributed by atoms with Gasteiger partial charge in [0.1, 0.15) is 17.2 Å². The van der Waals surface area contributed by atoms with E-state index in [0.29, 0.717) is 0 Å². The maximum Gasteiger partial charge on any atom is 0.134 e. The first-order chi connectivity index (χ1) is 10.2. The van der Waals surface area contributed by atoms with Crippen LogP contribution >= 0.6 is 0 Å². The number of hydrogen-bond donors (Lipinski definition) is 1. The van der Waals surface area contributed by atoms with E-state index in [-0.39, 0.29) is 11.9 Å². The third-order valence-electron chi connectivity index (χ3n) is 3.99. The zero-order chi connectivity index (χ0) is 15.2. The zero-order valence-electron chi connectivity index (χ0n) is 13.3. The summed E-state index contributed by atoms with van der Waals surface area (Å²) in [6, 6.07) is 4.98. The van der Waals surface area contributed by atoms with Crippen LogP contribution in [-0.4, -0.2) is 6.54 Å². The highest BCUT2D eigenvalue weighted by atomic mass is 19.1. The highest BCUT2D eigenvalue weighted by molar-refractivity contribution is 5.82. The molecule has 1 aromatic carbocycles. The molecule has 2 nitrogen and oxygen atoms in total. The van der Waals surface area contributed by atoms with E-state index >= 15 is 0 Å². The molecule has 1 heterocycles. The summed E-state index contributed by atoms with van der Waals surface area (Å²) >= 11 is 0. The molecule has 0 bridgehead atoms. The first-order valence-electron chi connectivity index (χ1n) is 8.09. The summed E-state index contributed by atoms with van der Waals surface area (Å²) in [6.45, 7) is 7.38. The Morgan fingerprint density at radius 3 is 2.71 bits per heavy atom. The standard InChI is InChI=1S/C18H26FNO/c1-4-6-7-8-16(20-11-5-2)18-13(3)15-12-14(19)9-10-17(15)21-18/h9-10,12,16,20H,4-8,11H2,1-3H3. The Bertz CT molecular complexity index is 576. The lowest BCUT2D eigenvalue weighted by Crippen LogP contribution is -2.22. The average Bonchev–Trinajstić information content (AvgIpc) is 2.80. The Hall–Kier alpha value is -1.35. The van der Waals surface area contributed by atoms with Crippen molar-refractivity contribution in [2.24, 2.45) is 0 Å². The van der Waals surface area contributed by atoms with Gasteiger partial charge in [0.05, 0.1) is 6.04 Å². The van der Waals surface area contributed by atoms with E-state index in [9.17, 15) is 4.39 Å². The molecule has 0 spiro atoms. The monoisotopic (exact) mass is 291 g/mol. The quantitative estimate of drug-likeness (QED) is 0.649. The Labute approximate surface area is 126 Å². The largest absolute Gasteiger partial charge is 0.459 e. The van der Waals surface area contributed by atoms with E-state index in [1.54, 1.807) is 12.1 Å². The zero-order valence-corrected chi connectivity index (χ0v) is 13.3. The van der Waals surface area contributed by atoms with Crippen molar-refractivity contribution in [1.29, 1.82) is 0 Å². The van der Waals surface area contributed by atoms with Crippen LogP contribution < -0.4 is 5.32 Å². The van der Waals surface area contributed by atoms with Crippen molar-refractivity contribution in [3.8, 4) is 0 Å². The topological polar surface area (TPSA) is 25.2 Å². The van der Waals surface area contributed by atoms with Gasteiger partial charge in [-0.3, -0.25) is 0 Å². The molecule has 116 valence electrons. The Morgan fingerprint density at radius 1 is 1.19 bits per heavy atom. The van der Waals surface area contributed by atoms with E-state index in [1.807, 2.05) is 6.92 Å². The van der Waals surface area contributed by atoms with Gasteiger partial charge in [0.15, 0.2) is 0 Å². The van der Waals surface area contributed by atoms with Crippen LogP contribution in [0.2, 0.25) is 0 Å². The van der Waals surface area contributed by atoms with Crippen LogP contribution in [0.1, 0.15) is 63.3 Å². The fraction of sp³-hybridized carbons (Fsp3) is 0.556. The fourth-order valence-electron chi connectivity index (χ4n) is 2.79. The molecule has 0 aliphatic rings. The second-order valence-electron chi connectivity index (χ2n) is 5.73. The van der Waals surface area contributed by atoms with Gasteiger partial charge in [-0.2, -0.15) is 0 Å². The van der Waals surface area contributed by atoms with Crippen LogP contribution in [0.15, 0.2) is 22.6 Å². The minimum atomic E-state index is -0.206. The maximum atomic E-state index is 13.4. The summed E-state index contributed by atoms with van der Waals surface area (Å²) in [5.74, 6) is 0.766. The van der Waals surface area contributed by atoms with E-state index in [4.69, 9.17) is 4.42 Å². The summed E-state index contributed by atoms with van der Waals surface area (Å²) in [4.78, 5) is 0. The molecule has 0 aliphatic heterocycles. The Kier molecular flexibility index (Phi) is 5.80. The number of aryl methyl sites for hydroxylation is 1. The molecule has 1 N–H and O–H groups in total. The van der Waals surface area contributed by atoms with Crippen molar-refractivity contribution in [2.45, 2.75) is 58.9 Å². The predicted octanol–water partition coefficient (Wildman–Crippen LogP) is 5.50. The smallest absolute Gasteiger partial charge is 0.134 e. The molecule has 0 aliphatic carbocycles. The SMILES string of the molecule is CCCCCC(NCCC)c1oc2ccc(F)cc2c1C. The minimum Gasteiger partial charge on any atom is -0.459 e. The predicted molar refractivity (Wildman–Crippen MR) is 86.1 cm³/mol. The van der Waals surface area contributed by atoms with Crippen molar-refractivity contribution in [2.75, 3.05) is 6.54 Å². The average molecular weight is 291 g/mol. The molecule has 1 unspecified atom stereocenters. The van der Waals surface area contributed by atoms with Crippen LogP contribution in [0.3, 0.4) is 0 Å². The number of halogens is 1. The minimum absolute atomic E-state index is 0.206. The third kappa shape index (κ3) is 3.85. The fourth-order valence-corrected chi connectivity index (χ4v) is 2.79. The molecule has 0 saturated heterocycles. The summed E-state index contributed by atoms with van der Waals surface area (Å²) in [5.41, 5.74) is 1.84.